The van der Waals surface area contributed by atoms with Crippen LogP contribution in [0, 0.1) is 11.8 Å². The first kappa shape index (κ1) is 17.6. The Balaban J connectivity index is 0.00000289. The van der Waals surface area contributed by atoms with Gasteiger partial charge in [0.25, 0.3) is 0 Å². The third kappa shape index (κ3) is 6.00. The summed E-state index contributed by atoms with van der Waals surface area (Å²) in [5, 5.41) is 6.24. The van der Waals surface area contributed by atoms with E-state index in [4.69, 9.17) is 4.74 Å². The van der Waals surface area contributed by atoms with Crippen molar-refractivity contribution in [3.8, 4) is 0 Å². The maximum Gasteiger partial charge on any atom is 0.224 e. The van der Waals surface area contributed by atoms with E-state index in [1.54, 1.807) is 7.11 Å². The van der Waals surface area contributed by atoms with Gasteiger partial charge in [-0.3, -0.25) is 4.79 Å². The number of nitrogens with zero attached hydrogens (tertiary/aromatic N) is 1. The van der Waals surface area contributed by atoms with E-state index in [0.29, 0.717) is 12.5 Å². The molecule has 1 amide bonds. The number of halogens is 1. The molecule has 0 saturated carbocycles. The Morgan fingerprint density at radius 1 is 1.44 bits per heavy atom. The molecule has 0 aromatic rings. The highest BCUT2D eigenvalue weighted by atomic mass is 35.5. The second-order valence-corrected chi connectivity index (χ2v) is 4.83. The number of amides is 1. The summed E-state index contributed by atoms with van der Waals surface area (Å²) in [6, 6.07) is 0. The molecule has 1 rings (SSSR count). The third-order valence-corrected chi connectivity index (χ3v) is 3.32. The van der Waals surface area contributed by atoms with E-state index in [0.717, 1.165) is 32.8 Å². The first-order chi connectivity index (χ1) is 8.15. The Morgan fingerprint density at radius 2 is 2.17 bits per heavy atom. The summed E-state index contributed by atoms with van der Waals surface area (Å²) in [7, 11) is 3.73. The van der Waals surface area contributed by atoms with Crippen molar-refractivity contribution in [2.24, 2.45) is 11.8 Å². The zero-order valence-corrected chi connectivity index (χ0v) is 12.4. The SMILES string of the molecule is COCCN(C)CCNC(=O)[C@@H]1CNC[C@H]1C.Cl. The highest BCUT2D eigenvalue weighted by Crippen LogP contribution is 2.15. The molecular formula is C12H26ClN3O2. The minimum atomic E-state index is 0. The largest absolute Gasteiger partial charge is 0.383 e. The standard InChI is InChI=1S/C12H25N3O2.ClH/c1-10-8-13-9-11(10)12(16)14-4-5-15(2)6-7-17-3;/h10-11,13H,4-9H2,1-3H3,(H,14,16);1H/t10-,11-;/m1./s1. The van der Waals surface area contributed by atoms with E-state index in [1.165, 1.54) is 0 Å². The molecule has 1 fully saturated rings. The molecule has 1 heterocycles. The molecular weight excluding hydrogens is 254 g/mol. The average molecular weight is 280 g/mol. The average Bonchev–Trinajstić information content (AvgIpc) is 2.72. The maximum absolute atomic E-state index is 11.9. The van der Waals surface area contributed by atoms with Crippen LogP contribution in [0.15, 0.2) is 0 Å². The van der Waals surface area contributed by atoms with Gasteiger partial charge in [0.1, 0.15) is 0 Å². The molecule has 108 valence electrons. The van der Waals surface area contributed by atoms with Crippen LogP contribution in [0.1, 0.15) is 6.92 Å². The lowest BCUT2D eigenvalue weighted by molar-refractivity contribution is -0.125. The first-order valence-electron chi connectivity index (χ1n) is 6.31. The number of hydrogen-bond acceptors (Lipinski definition) is 4. The molecule has 0 radical (unpaired) electrons. The van der Waals surface area contributed by atoms with Gasteiger partial charge < -0.3 is 20.3 Å². The second-order valence-electron chi connectivity index (χ2n) is 4.83. The number of carbonyl (C=O) groups excluding carboxylic acids is 1. The van der Waals surface area contributed by atoms with Crippen molar-refractivity contribution in [3.05, 3.63) is 0 Å². The summed E-state index contributed by atoms with van der Waals surface area (Å²) in [5.74, 6) is 0.767. The normalized spacial score (nSPS) is 22.9. The number of rotatable bonds is 7. The second kappa shape index (κ2) is 9.55. The van der Waals surface area contributed by atoms with Gasteiger partial charge in [0.15, 0.2) is 0 Å². The fourth-order valence-corrected chi connectivity index (χ4v) is 2.02. The van der Waals surface area contributed by atoms with Crippen LogP contribution in [0.4, 0.5) is 0 Å². The predicted octanol–water partition coefficient (Wildman–Crippen LogP) is -0.0419. The number of ether oxygens (including phenoxy) is 1. The molecule has 1 saturated heterocycles. The van der Waals surface area contributed by atoms with Gasteiger partial charge in [0, 0.05) is 33.3 Å². The molecule has 0 aromatic carbocycles. The molecule has 5 nitrogen and oxygen atoms in total. The van der Waals surface area contributed by atoms with Crippen LogP contribution >= 0.6 is 12.4 Å². The van der Waals surface area contributed by atoms with Gasteiger partial charge in [-0.1, -0.05) is 6.92 Å². The van der Waals surface area contributed by atoms with E-state index in [-0.39, 0.29) is 24.2 Å². The summed E-state index contributed by atoms with van der Waals surface area (Å²) in [6.07, 6.45) is 0. The summed E-state index contributed by atoms with van der Waals surface area (Å²) < 4.78 is 5.00. The van der Waals surface area contributed by atoms with Crippen molar-refractivity contribution < 1.29 is 9.53 Å². The van der Waals surface area contributed by atoms with Crippen LogP contribution in [-0.2, 0) is 9.53 Å². The summed E-state index contributed by atoms with van der Waals surface area (Å²) >= 11 is 0. The number of nitrogens with one attached hydrogen (secondary N) is 2. The van der Waals surface area contributed by atoms with Crippen LogP contribution in [-0.4, -0.2) is 64.3 Å². The predicted molar refractivity (Wildman–Crippen MR) is 75.2 cm³/mol. The summed E-state index contributed by atoms with van der Waals surface area (Å²) in [4.78, 5) is 14.0. The monoisotopic (exact) mass is 279 g/mol. The number of hydrogen-bond donors (Lipinski definition) is 2. The van der Waals surface area contributed by atoms with E-state index in [1.807, 2.05) is 7.05 Å². The lowest BCUT2D eigenvalue weighted by Crippen LogP contribution is -2.39. The Morgan fingerprint density at radius 3 is 2.72 bits per heavy atom. The lowest BCUT2D eigenvalue weighted by atomic mass is 9.97. The molecule has 0 spiro atoms. The molecule has 2 atom stereocenters. The fourth-order valence-electron chi connectivity index (χ4n) is 2.02. The Bertz CT molecular complexity index is 241. The van der Waals surface area contributed by atoms with Gasteiger partial charge in [0.05, 0.1) is 12.5 Å². The minimum Gasteiger partial charge on any atom is -0.383 e. The highest BCUT2D eigenvalue weighted by Gasteiger charge is 2.28. The third-order valence-electron chi connectivity index (χ3n) is 3.32. The molecule has 18 heavy (non-hydrogen) atoms. The zero-order chi connectivity index (χ0) is 12.7. The molecule has 0 unspecified atom stereocenters. The van der Waals surface area contributed by atoms with E-state index in [9.17, 15) is 4.79 Å². The van der Waals surface area contributed by atoms with Crippen molar-refractivity contribution in [1.29, 1.82) is 0 Å². The fraction of sp³-hybridized carbons (Fsp3) is 0.917. The molecule has 0 aliphatic carbocycles. The van der Waals surface area contributed by atoms with Crippen molar-refractivity contribution in [3.63, 3.8) is 0 Å². The van der Waals surface area contributed by atoms with Crippen LogP contribution in [0.5, 0.6) is 0 Å². The number of likely N-dealkylation sites (N-methyl/N-ethyl adjacent to an activating group) is 1. The van der Waals surface area contributed by atoms with Crippen LogP contribution < -0.4 is 10.6 Å². The Kier molecular flexibility index (Phi) is 9.36. The van der Waals surface area contributed by atoms with E-state index < -0.39 is 0 Å². The topological polar surface area (TPSA) is 53.6 Å². The molecule has 2 N–H and O–H groups in total. The van der Waals surface area contributed by atoms with Crippen LogP contribution in [0.3, 0.4) is 0 Å². The van der Waals surface area contributed by atoms with E-state index >= 15 is 0 Å². The highest BCUT2D eigenvalue weighted by molar-refractivity contribution is 5.85. The quantitative estimate of drug-likeness (QED) is 0.687. The van der Waals surface area contributed by atoms with Gasteiger partial charge in [-0.05, 0) is 19.5 Å². The van der Waals surface area contributed by atoms with Crippen LogP contribution in [0.2, 0.25) is 0 Å². The van der Waals surface area contributed by atoms with Gasteiger partial charge >= 0.3 is 0 Å². The van der Waals surface area contributed by atoms with Gasteiger partial charge in [-0.2, -0.15) is 0 Å². The van der Waals surface area contributed by atoms with Crippen molar-refractivity contribution in [2.45, 2.75) is 6.92 Å². The molecule has 0 aromatic heterocycles. The number of carbonyl (C=O) groups is 1. The molecule has 1 aliphatic rings. The summed E-state index contributed by atoms with van der Waals surface area (Å²) in [5.41, 5.74) is 0. The maximum atomic E-state index is 11.9. The zero-order valence-electron chi connectivity index (χ0n) is 11.6. The smallest absolute Gasteiger partial charge is 0.224 e. The van der Waals surface area contributed by atoms with E-state index in [2.05, 4.69) is 22.5 Å². The molecule has 1 aliphatic heterocycles. The van der Waals surface area contributed by atoms with Crippen molar-refractivity contribution in [1.82, 2.24) is 15.5 Å². The molecule has 6 heteroatoms. The van der Waals surface area contributed by atoms with Crippen LogP contribution in [0.25, 0.3) is 0 Å². The number of methoxy groups -OCH3 is 1. The van der Waals surface area contributed by atoms with Gasteiger partial charge in [-0.25, -0.2) is 0 Å². The van der Waals surface area contributed by atoms with Gasteiger partial charge in [0.2, 0.25) is 5.91 Å². The summed E-state index contributed by atoms with van der Waals surface area (Å²) in [6.45, 7) is 7.08. The minimum absolute atomic E-state index is 0. The van der Waals surface area contributed by atoms with Gasteiger partial charge in [-0.15, -0.1) is 12.4 Å². The molecule has 0 bridgehead atoms. The first-order valence-corrected chi connectivity index (χ1v) is 6.31. The Labute approximate surface area is 116 Å². The van der Waals surface area contributed by atoms with Crippen molar-refractivity contribution in [2.75, 3.05) is 53.5 Å². The van der Waals surface area contributed by atoms with Crippen molar-refractivity contribution >= 4 is 18.3 Å². The Hall–Kier alpha value is -0.360. The lowest BCUT2D eigenvalue weighted by Gasteiger charge is -2.18.